The summed E-state index contributed by atoms with van der Waals surface area (Å²) < 4.78 is 0. The lowest BCUT2D eigenvalue weighted by Crippen LogP contribution is -2.51. The molecule has 4 nitrogen and oxygen atoms in total. The van der Waals surface area contributed by atoms with E-state index >= 15 is 0 Å². The average Bonchev–Trinajstić information content (AvgIpc) is 2.53. The van der Waals surface area contributed by atoms with Gasteiger partial charge in [-0.25, -0.2) is 0 Å². The van der Waals surface area contributed by atoms with E-state index in [-0.39, 0.29) is 0 Å². The molecule has 116 valence electrons. The summed E-state index contributed by atoms with van der Waals surface area (Å²) in [7, 11) is 0. The molecule has 0 saturated carbocycles. The molecule has 0 aromatic rings. The number of nitrogens with zero attached hydrogens (tertiary/aromatic N) is 2. The molecular weight excluding hydrogens is 250 g/mol. The van der Waals surface area contributed by atoms with Crippen molar-refractivity contribution in [2.45, 2.75) is 52.0 Å². The van der Waals surface area contributed by atoms with Crippen molar-refractivity contribution in [3.63, 3.8) is 0 Å². The summed E-state index contributed by atoms with van der Waals surface area (Å²) >= 11 is 0. The number of rotatable bonds is 5. The molecule has 1 amide bonds. The molecule has 2 rings (SSSR count). The van der Waals surface area contributed by atoms with Crippen molar-refractivity contribution in [2.75, 3.05) is 39.3 Å². The molecule has 1 atom stereocenters. The number of carbonyl (C=O) groups excluding carboxylic acids is 1. The fourth-order valence-corrected chi connectivity index (χ4v) is 3.33. The van der Waals surface area contributed by atoms with Crippen molar-refractivity contribution in [3.05, 3.63) is 0 Å². The number of carbonyl (C=O) groups is 1. The highest BCUT2D eigenvalue weighted by molar-refractivity contribution is 5.76. The van der Waals surface area contributed by atoms with Crippen LogP contribution >= 0.6 is 0 Å². The largest absolute Gasteiger partial charge is 0.340 e. The molecule has 2 saturated heterocycles. The molecule has 0 bridgehead atoms. The van der Waals surface area contributed by atoms with Crippen LogP contribution in [0.5, 0.6) is 0 Å². The first kappa shape index (κ1) is 15.8. The quantitative estimate of drug-likeness (QED) is 0.833. The Morgan fingerprint density at radius 3 is 2.45 bits per heavy atom. The Morgan fingerprint density at radius 2 is 1.85 bits per heavy atom. The molecule has 20 heavy (non-hydrogen) atoms. The minimum absolute atomic E-state index is 0.382. The van der Waals surface area contributed by atoms with Crippen LogP contribution in [-0.4, -0.2) is 61.0 Å². The second-order valence-electron chi connectivity index (χ2n) is 6.41. The van der Waals surface area contributed by atoms with E-state index in [4.69, 9.17) is 0 Å². The first-order valence-electron chi connectivity index (χ1n) is 8.43. The van der Waals surface area contributed by atoms with Crippen LogP contribution in [0.4, 0.5) is 0 Å². The van der Waals surface area contributed by atoms with E-state index in [0.29, 0.717) is 11.9 Å². The maximum atomic E-state index is 12.3. The Balaban J connectivity index is 1.66. The fourth-order valence-electron chi connectivity index (χ4n) is 3.33. The number of hydrogen-bond donors (Lipinski definition) is 1. The van der Waals surface area contributed by atoms with Crippen LogP contribution in [0, 0.1) is 5.92 Å². The number of amides is 1. The fraction of sp³-hybridized carbons (Fsp3) is 0.938. The first-order chi connectivity index (χ1) is 9.70. The summed E-state index contributed by atoms with van der Waals surface area (Å²) in [4.78, 5) is 16.9. The summed E-state index contributed by atoms with van der Waals surface area (Å²) in [6.45, 7) is 10.7. The molecule has 4 heteroatoms. The van der Waals surface area contributed by atoms with Crippen molar-refractivity contribution >= 4 is 5.91 Å². The lowest BCUT2D eigenvalue weighted by molar-refractivity contribution is -0.133. The van der Waals surface area contributed by atoms with Gasteiger partial charge in [-0.3, -0.25) is 9.69 Å². The molecule has 1 N–H and O–H groups in total. The van der Waals surface area contributed by atoms with Crippen molar-refractivity contribution < 1.29 is 4.79 Å². The number of piperazine rings is 1. The van der Waals surface area contributed by atoms with Crippen LogP contribution in [-0.2, 0) is 4.79 Å². The third-order valence-electron chi connectivity index (χ3n) is 5.11. The van der Waals surface area contributed by atoms with Crippen LogP contribution in [0.1, 0.15) is 46.0 Å². The van der Waals surface area contributed by atoms with Gasteiger partial charge in [0, 0.05) is 38.6 Å². The van der Waals surface area contributed by atoms with Crippen LogP contribution in [0.25, 0.3) is 0 Å². The summed E-state index contributed by atoms with van der Waals surface area (Å²) in [6, 6.07) is 0.655. The Labute approximate surface area is 123 Å². The molecule has 0 aliphatic carbocycles. The summed E-state index contributed by atoms with van der Waals surface area (Å²) in [6.07, 6.45) is 5.54. The van der Waals surface area contributed by atoms with Gasteiger partial charge in [-0.05, 0) is 51.6 Å². The SMILES string of the molecule is CCC(C)N1CCN(C(=O)CCC2CCNCC2)CC1. The van der Waals surface area contributed by atoms with Crippen molar-refractivity contribution in [1.82, 2.24) is 15.1 Å². The normalized spacial score (nSPS) is 23.8. The van der Waals surface area contributed by atoms with E-state index in [1.165, 1.54) is 19.3 Å². The summed E-state index contributed by atoms with van der Waals surface area (Å²) in [5.74, 6) is 1.15. The van der Waals surface area contributed by atoms with Gasteiger partial charge in [0.25, 0.3) is 0 Å². The molecule has 2 heterocycles. The standard InChI is InChI=1S/C16H31N3O/c1-3-14(2)18-10-12-19(13-11-18)16(20)5-4-15-6-8-17-9-7-15/h14-15,17H,3-13H2,1-2H3. The van der Waals surface area contributed by atoms with E-state index in [2.05, 4.69) is 29.0 Å². The van der Waals surface area contributed by atoms with Gasteiger partial charge in [0.2, 0.25) is 5.91 Å². The van der Waals surface area contributed by atoms with E-state index in [1.807, 2.05) is 0 Å². The first-order valence-corrected chi connectivity index (χ1v) is 8.43. The molecule has 0 aromatic heterocycles. The molecule has 1 unspecified atom stereocenters. The second-order valence-corrected chi connectivity index (χ2v) is 6.41. The molecule has 2 aliphatic rings. The van der Waals surface area contributed by atoms with Gasteiger partial charge in [0.1, 0.15) is 0 Å². The third-order valence-corrected chi connectivity index (χ3v) is 5.11. The van der Waals surface area contributed by atoms with Crippen LogP contribution < -0.4 is 5.32 Å². The van der Waals surface area contributed by atoms with E-state index in [0.717, 1.165) is 58.0 Å². The lowest BCUT2D eigenvalue weighted by atomic mass is 9.93. The Hall–Kier alpha value is -0.610. The number of nitrogens with one attached hydrogen (secondary N) is 1. The Bertz CT molecular complexity index is 294. The highest BCUT2D eigenvalue weighted by Crippen LogP contribution is 2.19. The van der Waals surface area contributed by atoms with Gasteiger partial charge in [-0.1, -0.05) is 6.92 Å². The van der Waals surface area contributed by atoms with Crippen LogP contribution in [0.3, 0.4) is 0 Å². The van der Waals surface area contributed by atoms with Gasteiger partial charge in [0.05, 0.1) is 0 Å². The minimum atomic E-state index is 0.382. The zero-order chi connectivity index (χ0) is 14.4. The molecule has 2 aliphatic heterocycles. The topological polar surface area (TPSA) is 35.6 Å². The molecule has 0 aromatic carbocycles. The Kier molecular flexibility index (Phi) is 6.30. The van der Waals surface area contributed by atoms with Gasteiger partial charge >= 0.3 is 0 Å². The summed E-state index contributed by atoms with van der Waals surface area (Å²) in [5.41, 5.74) is 0. The van der Waals surface area contributed by atoms with E-state index < -0.39 is 0 Å². The number of hydrogen-bond acceptors (Lipinski definition) is 3. The third kappa shape index (κ3) is 4.45. The molecule has 2 fully saturated rings. The van der Waals surface area contributed by atoms with Gasteiger partial charge in [-0.2, -0.15) is 0 Å². The summed E-state index contributed by atoms with van der Waals surface area (Å²) in [5, 5.41) is 3.39. The van der Waals surface area contributed by atoms with Gasteiger partial charge in [0.15, 0.2) is 0 Å². The number of piperidine rings is 1. The zero-order valence-corrected chi connectivity index (χ0v) is 13.2. The predicted molar refractivity (Wildman–Crippen MR) is 82.7 cm³/mol. The van der Waals surface area contributed by atoms with Crippen molar-refractivity contribution in [3.8, 4) is 0 Å². The minimum Gasteiger partial charge on any atom is -0.340 e. The molecular formula is C16H31N3O. The van der Waals surface area contributed by atoms with Gasteiger partial charge < -0.3 is 10.2 Å². The molecule has 0 radical (unpaired) electrons. The van der Waals surface area contributed by atoms with Crippen LogP contribution in [0.2, 0.25) is 0 Å². The highest BCUT2D eigenvalue weighted by Gasteiger charge is 2.24. The Morgan fingerprint density at radius 1 is 1.20 bits per heavy atom. The van der Waals surface area contributed by atoms with Crippen molar-refractivity contribution in [2.24, 2.45) is 5.92 Å². The van der Waals surface area contributed by atoms with Crippen LogP contribution in [0.15, 0.2) is 0 Å². The van der Waals surface area contributed by atoms with Crippen molar-refractivity contribution in [1.29, 1.82) is 0 Å². The van der Waals surface area contributed by atoms with E-state index in [9.17, 15) is 4.79 Å². The highest BCUT2D eigenvalue weighted by atomic mass is 16.2. The zero-order valence-electron chi connectivity index (χ0n) is 13.2. The maximum Gasteiger partial charge on any atom is 0.222 e. The smallest absolute Gasteiger partial charge is 0.222 e. The van der Waals surface area contributed by atoms with Gasteiger partial charge in [-0.15, -0.1) is 0 Å². The van der Waals surface area contributed by atoms with E-state index in [1.54, 1.807) is 0 Å². The average molecular weight is 281 g/mol. The maximum absolute atomic E-state index is 12.3. The lowest BCUT2D eigenvalue weighted by Gasteiger charge is -2.38. The predicted octanol–water partition coefficient (Wildman–Crippen LogP) is 1.71. The molecule has 0 spiro atoms. The monoisotopic (exact) mass is 281 g/mol. The second kappa shape index (κ2) is 7.99.